The minimum atomic E-state index is 0.120. The number of rotatable bonds is 3. The summed E-state index contributed by atoms with van der Waals surface area (Å²) in [5.41, 5.74) is 1.37. The van der Waals surface area contributed by atoms with Crippen molar-refractivity contribution in [3.63, 3.8) is 0 Å². The number of hydrogen-bond donors (Lipinski definition) is 0. The quantitative estimate of drug-likeness (QED) is 0.507. The van der Waals surface area contributed by atoms with Gasteiger partial charge in [0.15, 0.2) is 0 Å². The second kappa shape index (κ2) is 2.86. The average Bonchev–Trinajstić information content (AvgIpc) is 1.86. The Morgan fingerprint density at radius 2 is 2.00 bits per heavy atom. The van der Waals surface area contributed by atoms with Crippen LogP contribution in [0.2, 0.25) is 0 Å². The predicted molar refractivity (Wildman–Crippen MR) is 43.4 cm³/mol. The number of allylic oxidation sites excluding steroid dienone is 2. The van der Waals surface area contributed by atoms with Crippen LogP contribution in [-0.4, -0.2) is 0 Å². The van der Waals surface area contributed by atoms with Gasteiger partial charge in [-0.3, -0.25) is 0 Å². The first kappa shape index (κ1) is 8.48. The highest BCUT2D eigenvalue weighted by Gasteiger charge is 2.14. The smallest absolute Gasteiger partial charge is 0.00287 e. The molecule has 0 nitrogen and oxygen atoms in total. The zero-order valence-electron chi connectivity index (χ0n) is 6.70. The molecule has 52 valence electrons. The molecule has 0 aliphatic heterocycles. The molecule has 0 radical (unpaired) electrons. The molecular formula is C9H16. The van der Waals surface area contributed by atoms with Crippen molar-refractivity contribution in [2.75, 3.05) is 0 Å². The van der Waals surface area contributed by atoms with Gasteiger partial charge in [-0.05, 0) is 6.42 Å². The second-order valence-electron chi connectivity index (χ2n) is 2.88. The van der Waals surface area contributed by atoms with Gasteiger partial charge in [-0.1, -0.05) is 39.0 Å². The molecule has 0 heteroatoms. The van der Waals surface area contributed by atoms with E-state index in [2.05, 4.69) is 33.9 Å². The van der Waals surface area contributed by atoms with Crippen LogP contribution in [-0.2, 0) is 0 Å². The van der Waals surface area contributed by atoms with E-state index < -0.39 is 0 Å². The van der Waals surface area contributed by atoms with Crippen molar-refractivity contribution in [2.24, 2.45) is 5.41 Å². The summed E-state index contributed by atoms with van der Waals surface area (Å²) < 4.78 is 0. The molecule has 0 aromatic rings. The van der Waals surface area contributed by atoms with Crippen LogP contribution in [0.4, 0.5) is 0 Å². The lowest BCUT2D eigenvalue weighted by Crippen LogP contribution is -2.08. The topological polar surface area (TPSA) is 0 Å². The molecule has 0 atom stereocenters. The third-order valence-electron chi connectivity index (χ3n) is 1.85. The summed E-state index contributed by atoms with van der Waals surface area (Å²) in [7, 11) is 0. The fourth-order valence-corrected chi connectivity index (χ4v) is 0.600. The Balaban J connectivity index is 4.14. The highest BCUT2D eigenvalue weighted by Crippen LogP contribution is 2.27. The van der Waals surface area contributed by atoms with Gasteiger partial charge in [0.1, 0.15) is 0 Å². The second-order valence-corrected chi connectivity index (χ2v) is 2.88. The molecule has 0 rings (SSSR count). The summed E-state index contributed by atoms with van der Waals surface area (Å²) in [6.07, 6.45) is 2.98. The van der Waals surface area contributed by atoms with Gasteiger partial charge in [-0.25, -0.2) is 0 Å². The van der Waals surface area contributed by atoms with Crippen LogP contribution in [0, 0.1) is 5.41 Å². The lowest BCUT2D eigenvalue weighted by Gasteiger charge is -2.21. The third-order valence-corrected chi connectivity index (χ3v) is 1.85. The summed E-state index contributed by atoms with van der Waals surface area (Å²) in [6, 6.07) is 0. The van der Waals surface area contributed by atoms with Crippen LogP contribution in [0.15, 0.2) is 24.8 Å². The SMILES string of the molecule is C=CC(C)(C)C(=C)CC. The van der Waals surface area contributed by atoms with E-state index in [1.807, 2.05) is 6.08 Å². The van der Waals surface area contributed by atoms with Gasteiger partial charge < -0.3 is 0 Å². The van der Waals surface area contributed by atoms with E-state index in [9.17, 15) is 0 Å². The van der Waals surface area contributed by atoms with Gasteiger partial charge >= 0.3 is 0 Å². The standard InChI is InChI=1S/C9H16/c1-6-8(3)9(4,5)7-2/h7H,2-3,6H2,1,4-5H3. The fraction of sp³-hybridized carbons (Fsp3) is 0.556. The van der Waals surface area contributed by atoms with Crippen LogP contribution in [0.3, 0.4) is 0 Å². The largest absolute Gasteiger partial charge is 0.102 e. The molecule has 0 N–H and O–H groups in total. The summed E-state index contributed by atoms with van der Waals surface area (Å²) in [6.45, 7) is 14.1. The van der Waals surface area contributed by atoms with E-state index in [0.29, 0.717) is 0 Å². The molecule has 0 bridgehead atoms. The molecule has 0 fully saturated rings. The van der Waals surface area contributed by atoms with Gasteiger partial charge in [0, 0.05) is 5.41 Å². The highest BCUT2D eigenvalue weighted by atomic mass is 14.2. The van der Waals surface area contributed by atoms with Crippen molar-refractivity contribution in [1.82, 2.24) is 0 Å². The molecule has 0 unspecified atom stereocenters. The molecule has 0 aromatic heterocycles. The monoisotopic (exact) mass is 124 g/mol. The van der Waals surface area contributed by atoms with Gasteiger partial charge in [0.25, 0.3) is 0 Å². The molecule has 0 aliphatic carbocycles. The molecule has 0 heterocycles. The Labute approximate surface area is 58.3 Å². The maximum atomic E-state index is 3.94. The third kappa shape index (κ3) is 2.05. The molecule has 0 aliphatic rings. The first-order valence-corrected chi connectivity index (χ1v) is 3.36. The predicted octanol–water partition coefficient (Wildman–Crippen LogP) is 3.16. The molecule has 0 saturated carbocycles. The summed E-state index contributed by atoms with van der Waals surface area (Å²) in [4.78, 5) is 0. The van der Waals surface area contributed by atoms with E-state index in [0.717, 1.165) is 6.42 Å². The Kier molecular flexibility index (Phi) is 2.69. The van der Waals surface area contributed by atoms with E-state index in [-0.39, 0.29) is 5.41 Å². The lowest BCUT2D eigenvalue weighted by atomic mass is 9.84. The molecule has 0 amide bonds. The van der Waals surface area contributed by atoms with Gasteiger partial charge in [-0.2, -0.15) is 0 Å². The minimum absolute atomic E-state index is 0.120. The van der Waals surface area contributed by atoms with E-state index in [1.54, 1.807) is 0 Å². The van der Waals surface area contributed by atoms with Crippen molar-refractivity contribution in [2.45, 2.75) is 27.2 Å². The van der Waals surface area contributed by atoms with Gasteiger partial charge in [0.05, 0.1) is 0 Å². The Hall–Kier alpha value is -0.520. The van der Waals surface area contributed by atoms with Crippen molar-refractivity contribution in [3.05, 3.63) is 24.8 Å². The zero-order chi connectivity index (χ0) is 7.49. The summed E-state index contributed by atoms with van der Waals surface area (Å²) in [5.74, 6) is 0. The molecular weight excluding hydrogens is 108 g/mol. The average molecular weight is 124 g/mol. The van der Waals surface area contributed by atoms with E-state index in [1.165, 1.54) is 5.57 Å². The maximum Gasteiger partial charge on any atom is 0.00287 e. The van der Waals surface area contributed by atoms with Crippen molar-refractivity contribution < 1.29 is 0 Å². The summed E-state index contributed by atoms with van der Waals surface area (Å²) >= 11 is 0. The molecule has 0 aromatic carbocycles. The van der Waals surface area contributed by atoms with Crippen molar-refractivity contribution >= 4 is 0 Å². The summed E-state index contributed by atoms with van der Waals surface area (Å²) in [5, 5.41) is 0. The first-order chi connectivity index (χ1) is 4.04. The Morgan fingerprint density at radius 3 is 2.11 bits per heavy atom. The fourth-order valence-electron chi connectivity index (χ4n) is 0.600. The van der Waals surface area contributed by atoms with Crippen LogP contribution in [0.25, 0.3) is 0 Å². The van der Waals surface area contributed by atoms with Gasteiger partial charge in [0.2, 0.25) is 0 Å². The highest BCUT2D eigenvalue weighted by molar-refractivity contribution is 5.13. The molecule has 0 saturated heterocycles. The maximum absolute atomic E-state index is 3.94. The first-order valence-electron chi connectivity index (χ1n) is 3.36. The Morgan fingerprint density at radius 1 is 1.56 bits per heavy atom. The van der Waals surface area contributed by atoms with Crippen molar-refractivity contribution in [3.8, 4) is 0 Å². The van der Waals surface area contributed by atoms with Crippen LogP contribution in [0.5, 0.6) is 0 Å². The van der Waals surface area contributed by atoms with E-state index in [4.69, 9.17) is 0 Å². The van der Waals surface area contributed by atoms with Crippen LogP contribution >= 0.6 is 0 Å². The van der Waals surface area contributed by atoms with Crippen LogP contribution in [0.1, 0.15) is 27.2 Å². The van der Waals surface area contributed by atoms with Crippen molar-refractivity contribution in [1.29, 1.82) is 0 Å². The number of hydrogen-bond acceptors (Lipinski definition) is 0. The van der Waals surface area contributed by atoms with Gasteiger partial charge in [-0.15, -0.1) is 6.58 Å². The molecule has 0 spiro atoms. The normalized spacial score (nSPS) is 11.0. The zero-order valence-corrected chi connectivity index (χ0v) is 6.70. The molecule has 9 heavy (non-hydrogen) atoms. The lowest BCUT2D eigenvalue weighted by molar-refractivity contribution is 0.563. The minimum Gasteiger partial charge on any atom is -0.102 e. The Bertz CT molecular complexity index is 118. The van der Waals surface area contributed by atoms with E-state index >= 15 is 0 Å². The van der Waals surface area contributed by atoms with Crippen LogP contribution < -0.4 is 0 Å².